The Hall–Kier alpha value is -2.08. The number of nitrogens with one attached hydrogen (secondary N) is 1. The number of carbonyl (C=O) groups excluding carboxylic acids is 1. The molecule has 6 heteroatoms. The summed E-state index contributed by atoms with van der Waals surface area (Å²) in [6, 6.07) is 15.0. The Labute approximate surface area is 166 Å². The molecular weight excluding hydrogens is 364 g/mol. The van der Waals surface area contributed by atoms with Crippen molar-refractivity contribution in [3.8, 4) is 5.75 Å². The molecule has 1 aliphatic rings. The number of hydrogen-bond acceptors (Lipinski definition) is 4. The van der Waals surface area contributed by atoms with Gasteiger partial charge in [0.1, 0.15) is 12.4 Å². The van der Waals surface area contributed by atoms with Crippen molar-refractivity contribution in [2.24, 2.45) is 11.7 Å². The van der Waals surface area contributed by atoms with Gasteiger partial charge < -0.3 is 20.5 Å². The zero-order valence-corrected chi connectivity index (χ0v) is 16.3. The van der Waals surface area contributed by atoms with Gasteiger partial charge in [-0.2, -0.15) is 0 Å². The molecule has 1 fully saturated rings. The number of carbonyl (C=O) groups is 1. The van der Waals surface area contributed by atoms with Crippen molar-refractivity contribution in [1.82, 2.24) is 0 Å². The normalized spacial score (nSPS) is 15.5. The number of rotatable bonds is 6. The van der Waals surface area contributed by atoms with Gasteiger partial charge in [-0.3, -0.25) is 4.79 Å². The molecule has 2 aromatic carbocycles. The second-order valence-electron chi connectivity index (χ2n) is 6.66. The molecule has 1 atom stereocenters. The van der Waals surface area contributed by atoms with Gasteiger partial charge in [0.15, 0.2) is 0 Å². The van der Waals surface area contributed by atoms with Crippen molar-refractivity contribution in [3.63, 3.8) is 0 Å². The quantitative estimate of drug-likeness (QED) is 0.788. The third-order valence-corrected chi connectivity index (χ3v) is 4.92. The molecular formula is C21H27ClN2O3. The molecule has 1 amide bonds. The van der Waals surface area contributed by atoms with Crippen molar-refractivity contribution in [2.45, 2.75) is 32.4 Å². The fourth-order valence-electron chi connectivity index (χ4n) is 3.16. The van der Waals surface area contributed by atoms with E-state index in [9.17, 15) is 4.79 Å². The van der Waals surface area contributed by atoms with Crippen molar-refractivity contribution in [2.75, 3.05) is 18.5 Å². The molecule has 1 aliphatic heterocycles. The molecule has 2 aromatic rings. The van der Waals surface area contributed by atoms with E-state index in [1.165, 1.54) is 0 Å². The van der Waals surface area contributed by atoms with Crippen LogP contribution in [0.5, 0.6) is 5.75 Å². The van der Waals surface area contributed by atoms with Gasteiger partial charge in [0, 0.05) is 18.9 Å². The summed E-state index contributed by atoms with van der Waals surface area (Å²) in [6.45, 7) is 3.79. The lowest BCUT2D eigenvalue weighted by Crippen LogP contribution is -2.44. The summed E-state index contributed by atoms with van der Waals surface area (Å²) in [5.74, 6) is 0.859. The molecule has 0 aliphatic carbocycles. The zero-order valence-electron chi connectivity index (χ0n) is 15.5. The molecule has 5 nitrogen and oxygen atoms in total. The number of nitrogens with two attached hydrogens (primary N) is 1. The number of anilines is 1. The van der Waals surface area contributed by atoms with Crippen LogP contribution in [0.25, 0.3) is 0 Å². The molecule has 1 heterocycles. The van der Waals surface area contributed by atoms with Gasteiger partial charge in [-0.15, -0.1) is 12.4 Å². The molecule has 0 bridgehead atoms. The number of amides is 1. The van der Waals surface area contributed by atoms with Crippen LogP contribution in [-0.2, 0) is 16.1 Å². The van der Waals surface area contributed by atoms with Crippen molar-refractivity contribution < 1.29 is 14.3 Å². The monoisotopic (exact) mass is 390 g/mol. The zero-order chi connectivity index (χ0) is 18.4. The van der Waals surface area contributed by atoms with Gasteiger partial charge in [-0.1, -0.05) is 30.3 Å². The predicted molar refractivity (Wildman–Crippen MR) is 109 cm³/mol. The Bertz CT molecular complexity index is 733. The highest BCUT2D eigenvalue weighted by atomic mass is 35.5. The number of hydrogen-bond donors (Lipinski definition) is 2. The summed E-state index contributed by atoms with van der Waals surface area (Å²) in [6.07, 6.45) is 1.66. The van der Waals surface area contributed by atoms with Crippen molar-refractivity contribution >= 4 is 24.0 Å². The first-order chi connectivity index (χ1) is 12.6. The fraction of sp³-hybridized carbons (Fsp3) is 0.381. The van der Waals surface area contributed by atoms with Crippen LogP contribution in [0.1, 0.15) is 24.0 Å². The maximum absolute atomic E-state index is 12.5. The van der Waals surface area contributed by atoms with Gasteiger partial charge in [-0.25, -0.2) is 0 Å². The summed E-state index contributed by atoms with van der Waals surface area (Å²) in [7, 11) is 0. The minimum absolute atomic E-state index is 0. The Balaban J connectivity index is 0.00000261. The van der Waals surface area contributed by atoms with Gasteiger partial charge in [0.05, 0.1) is 6.04 Å². The highest BCUT2D eigenvalue weighted by Crippen LogP contribution is 2.23. The maximum atomic E-state index is 12.5. The second-order valence-corrected chi connectivity index (χ2v) is 6.66. The highest BCUT2D eigenvalue weighted by molar-refractivity contribution is 5.95. The minimum atomic E-state index is -0.512. The molecule has 0 aromatic heterocycles. The van der Waals surface area contributed by atoms with Crippen LogP contribution in [-0.4, -0.2) is 25.2 Å². The van der Waals surface area contributed by atoms with Crippen LogP contribution in [0, 0.1) is 12.8 Å². The first kappa shape index (κ1) is 21.2. The predicted octanol–water partition coefficient (Wildman–Crippen LogP) is 3.69. The molecule has 3 rings (SSSR count). The minimum Gasteiger partial charge on any atom is -0.489 e. The summed E-state index contributed by atoms with van der Waals surface area (Å²) in [4.78, 5) is 12.5. The van der Waals surface area contributed by atoms with E-state index >= 15 is 0 Å². The molecule has 1 saturated heterocycles. The van der Waals surface area contributed by atoms with E-state index in [2.05, 4.69) is 5.32 Å². The first-order valence-corrected chi connectivity index (χ1v) is 9.05. The average Bonchev–Trinajstić information content (AvgIpc) is 2.69. The molecule has 27 heavy (non-hydrogen) atoms. The van der Waals surface area contributed by atoms with E-state index < -0.39 is 6.04 Å². The van der Waals surface area contributed by atoms with Crippen LogP contribution in [0.2, 0.25) is 0 Å². The number of ether oxygens (including phenoxy) is 2. The SMILES string of the molecule is Cc1c(COc2ccccc2)cccc1NC(=O)C(N)C1CCOCC1.Cl. The molecule has 0 saturated carbocycles. The van der Waals surface area contributed by atoms with Gasteiger partial charge >= 0.3 is 0 Å². The number of benzene rings is 2. The summed E-state index contributed by atoms with van der Waals surface area (Å²) >= 11 is 0. The van der Waals surface area contributed by atoms with Crippen molar-refractivity contribution in [1.29, 1.82) is 0 Å². The number of halogens is 1. The van der Waals surface area contributed by atoms with Crippen LogP contribution < -0.4 is 15.8 Å². The first-order valence-electron chi connectivity index (χ1n) is 9.05. The number of para-hydroxylation sites is 1. The third-order valence-electron chi connectivity index (χ3n) is 4.92. The van der Waals surface area contributed by atoms with Gasteiger partial charge in [-0.05, 0) is 55.0 Å². The lowest BCUT2D eigenvalue weighted by atomic mass is 9.91. The Morgan fingerprint density at radius 2 is 1.89 bits per heavy atom. The van der Waals surface area contributed by atoms with Gasteiger partial charge in [0.25, 0.3) is 0 Å². The second kappa shape index (κ2) is 10.3. The lowest BCUT2D eigenvalue weighted by molar-refractivity contribution is -0.119. The van der Waals surface area contributed by atoms with Crippen LogP contribution in [0.4, 0.5) is 5.69 Å². The Morgan fingerprint density at radius 1 is 1.19 bits per heavy atom. The van der Waals surface area contributed by atoms with E-state index in [1.54, 1.807) is 0 Å². The lowest BCUT2D eigenvalue weighted by Gasteiger charge is -2.27. The molecule has 3 N–H and O–H groups in total. The van der Waals surface area contributed by atoms with Crippen LogP contribution in [0.3, 0.4) is 0 Å². The smallest absolute Gasteiger partial charge is 0.241 e. The largest absolute Gasteiger partial charge is 0.489 e. The highest BCUT2D eigenvalue weighted by Gasteiger charge is 2.26. The van der Waals surface area contributed by atoms with Crippen LogP contribution in [0.15, 0.2) is 48.5 Å². The summed E-state index contributed by atoms with van der Waals surface area (Å²) < 4.78 is 11.2. The van der Waals surface area contributed by atoms with E-state index in [0.29, 0.717) is 19.8 Å². The fourth-order valence-corrected chi connectivity index (χ4v) is 3.16. The third kappa shape index (κ3) is 5.70. The molecule has 0 radical (unpaired) electrons. The van der Waals surface area contributed by atoms with Crippen LogP contribution >= 0.6 is 12.4 Å². The standard InChI is InChI=1S/C21H26N2O3.ClH/c1-15-17(14-26-18-7-3-2-4-8-18)6-5-9-19(15)23-21(24)20(22)16-10-12-25-13-11-16;/h2-9,16,20H,10-14,22H2,1H3,(H,23,24);1H. The molecule has 1 unspecified atom stereocenters. The summed E-state index contributed by atoms with van der Waals surface area (Å²) in [5, 5.41) is 2.99. The van der Waals surface area contributed by atoms with E-state index in [-0.39, 0.29) is 24.2 Å². The molecule has 0 spiro atoms. The molecule has 146 valence electrons. The Morgan fingerprint density at radius 3 is 2.59 bits per heavy atom. The summed E-state index contributed by atoms with van der Waals surface area (Å²) in [5.41, 5.74) is 8.98. The van der Waals surface area contributed by atoms with E-state index in [4.69, 9.17) is 15.2 Å². The topological polar surface area (TPSA) is 73.6 Å². The van der Waals surface area contributed by atoms with E-state index in [0.717, 1.165) is 35.4 Å². The van der Waals surface area contributed by atoms with E-state index in [1.807, 2.05) is 55.5 Å². The van der Waals surface area contributed by atoms with Crippen molar-refractivity contribution in [3.05, 3.63) is 59.7 Å². The maximum Gasteiger partial charge on any atom is 0.241 e. The Kier molecular flexibility index (Phi) is 8.10. The van der Waals surface area contributed by atoms with Gasteiger partial charge in [0.2, 0.25) is 5.91 Å². The average molecular weight is 391 g/mol.